The molecule has 0 atom stereocenters. The lowest BCUT2D eigenvalue weighted by Crippen LogP contribution is -2.46. The molecule has 0 aliphatic heterocycles. The summed E-state index contributed by atoms with van der Waals surface area (Å²) in [5.74, 6) is 0.171. The molecule has 2 rings (SSSR count). The molecule has 0 bridgehead atoms. The summed E-state index contributed by atoms with van der Waals surface area (Å²) in [7, 11) is 0. The number of Topliss-reactive ketones (excluding diaryl/α,β-unsaturated/α-hetero) is 1. The quantitative estimate of drug-likeness (QED) is 0.862. The molecule has 4 heteroatoms. The molecule has 0 unspecified atom stereocenters. The van der Waals surface area contributed by atoms with Crippen molar-refractivity contribution >= 4 is 5.78 Å². The molecule has 0 saturated heterocycles. The molecule has 2 N–H and O–H groups in total. The Kier molecular flexibility index (Phi) is 3.33. The lowest BCUT2D eigenvalue weighted by Gasteiger charge is -2.21. The van der Waals surface area contributed by atoms with E-state index in [0.717, 1.165) is 43.6 Å². The molecule has 94 valence electrons. The van der Waals surface area contributed by atoms with E-state index in [-0.39, 0.29) is 5.78 Å². The van der Waals surface area contributed by atoms with Crippen molar-refractivity contribution < 1.29 is 4.79 Å². The molecule has 0 amide bonds. The van der Waals surface area contributed by atoms with Crippen LogP contribution in [-0.4, -0.2) is 21.1 Å². The third kappa shape index (κ3) is 2.41. The Hall–Kier alpha value is -1.16. The summed E-state index contributed by atoms with van der Waals surface area (Å²) >= 11 is 0. The zero-order valence-corrected chi connectivity index (χ0v) is 10.7. The highest BCUT2D eigenvalue weighted by Gasteiger charge is 2.36. The number of hydrogen-bond acceptors (Lipinski definition) is 3. The van der Waals surface area contributed by atoms with Crippen molar-refractivity contribution in [2.45, 2.75) is 58.0 Å². The Labute approximate surface area is 102 Å². The molecule has 0 radical (unpaired) electrons. The van der Waals surface area contributed by atoms with Crippen molar-refractivity contribution in [3.63, 3.8) is 0 Å². The van der Waals surface area contributed by atoms with E-state index in [1.165, 1.54) is 0 Å². The summed E-state index contributed by atoms with van der Waals surface area (Å²) in [6, 6.07) is 1.99. The number of nitrogens with two attached hydrogens (primary N) is 1. The van der Waals surface area contributed by atoms with E-state index < -0.39 is 5.54 Å². The molecule has 17 heavy (non-hydrogen) atoms. The van der Waals surface area contributed by atoms with Crippen LogP contribution in [0, 0.1) is 6.92 Å². The van der Waals surface area contributed by atoms with E-state index in [1.807, 2.05) is 24.6 Å². The number of nitrogens with zero attached hydrogens (tertiary/aromatic N) is 2. The predicted molar refractivity (Wildman–Crippen MR) is 66.7 cm³/mol. The fourth-order valence-corrected chi connectivity index (χ4v) is 2.64. The Morgan fingerprint density at radius 2 is 2.18 bits per heavy atom. The number of hydrogen-bond donors (Lipinski definition) is 1. The summed E-state index contributed by atoms with van der Waals surface area (Å²) in [5.41, 5.74) is 7.55. The van der Waals surface area contributed by atoms with Gasteiger partial charge in [-0.15, -0.1) is 0 Å². The van der Waals surface area contributed by atoms with Crippen molar-refractivity contribution in [2.75, 3.05) is 0 Å². The van der Waals surface area contributed by atoms with Gasteiger partial charge in [0.05, 0.1) is 17.7 Å². The van der Waals surface area contributed by atoms with E-state index in [4.69, 9.17) is 5.73 Å². The van der Waals surface area contributed by atoms with Crippen molar-refractivity contribution in [1.82, 2.24) is 9.78 Å². The highest BCUT2D eigenvalue weighted by atomic mass is 16.1. The Morgan fingerprint density at radius 3 is 2.76 bits per heavy atom. The second kappa shape index (κ2) is 4.61. The summed E-state index contributed by atoms with van der Waals surface area (Å²) in [4.78, 5) is 12.2. The minimum Gasteiger partial charge on any atom is -0.319 e. The molecule has 4 nitrogen and oxygen atoms in total. The number of aryl methyl sites for hydroxylation is 2. The van der Waals surface area contributed by atoms with E-state index in [9.17, 15) is 4.79 Å². The van der Waals surface area contributed by atoms with Gasteiger partial charge < -0.3 is 5.73 Å². The highest BCUT2D eigenvalue weighted by Crippen LogP contribution is 2.29. The summed E-state index contributed by atoms with van der Waals surface area (Å²) in [6.07, 6.45) is 4.25. The molecular weight excluding hydrogens is 214 g/mol. The number of carbonyl (C=O) groups is 1. The SMILES string of the molecule is CCn1nc(C)cc1CC(=O)C1(N)CCCC1. The van der Waals surface area contributed by atoms with Crippen LogP contribution in [0.25, 0.3) is 0 Å². The first-order valence-corrected chi connectivity index (χ1v) is 6.40. The lowest BCUT2D eigenvalue weighted by atomic mass is 9.90. The first-order chi connectivity index (χ1) is 8.05. The van der Waals surface area contributed by atoms with E-state index in [0.29, 0.717) is 6.42 Å². The largest absolute Gasteiger partial charge is 0.319 e. The van der Waals surface area contributed by atoms with Crippen LogP contribution in [0.2, 0.25) is 0 Å². The fourth-order valence-electron chi connectivity index (χ4n) is 2.64. The molecule has 1 aromatic rings. The zero-order chi connectivity index (χ0) is 12.5. The summed E-state index contributed by atoms with van der Waals surface area (Å²) in [6.45, 7) is 4.79. The average molecular weight is 235 g/mol. The number of carbonyl (C=O) groups excluding carboxylic acids is 1. The first-order valence-electron chi connectivity index (χ1n) is 6.40. The third-order valence-electron chi connectivity index (χ3n) is 3.68. The number of rotatable bonds is 4. The van der Waals surface area contributed by atoms with E-state index >= 15 is 0 Å². The van der Waals surface area contributed by atoms with Crippen LogP contribution >= 0.6 is 0 Å². The van der Waals surface area contributed by atoms with Gasteiger partial charge in [-0.25, -0.2) is 0 Å². The molecule has 1 heterocycles. The maximum atomic E-state index is 12.2. The van der Waals surface area contributed by atoms with Gasteiger partial charge in [0, 0.05) is 12.2 Å². The van der Waals surface area contributed by atoms with Crippen molar-refractivity contribution in [2.24, 2.45) is 5.73 Å². The van der Waals surface area contributed by atoms with Gasteiger partial charge in [0.2, 0.25) is 0 Å². The molecule has 1 fully saturated rings. The van der Waals surface area contributed by atoms with Crippen molar-refractivity contribution in [3.8, 4) is 0 Å². The van der Waals surface area contributed by atoms with E-state index in [1.54, 1.807) is 0 Å². The predicted octanol–water partition coefficient (Wildman–Crippen LogP) is 1.59. The normalized spacial score (nSPS) is 18.5. The molecular formula is C13H21N3O. The number of ketones is 1. The van der Waals surface area contributed by atoms with Crippen LogP contribution in [0.1, 0.15) is 44.0 Å². The maximum absolute atomic E-state index is 12.2. The second-order valence-electron chi connectivity index (χ2n) is 5.06. The highest BCUT2D eigenvalue weighted by molar-refractivity contribution is 5.90. The molecule has 1 aliphatic rings. The molecule has 0 spiro atoms. The number of aromatic nitrogens is 2. The lowest BCUT2D eigenvalue weighted by molar-refractivity contribution is -0.123. The Morgan fingerprint density at radius 1 is 1.53 bits per heavy atom. The van der Waals surface area contributed by atoms with Crippen molar-refractivity contribution in [3.05, 3.63) is 17.5 Å². The van der Waals surface area contributed by atoms with Gasteiger partial charge in [-0.2, -0.15) is 5.10 Å². The van der Waals surface area contributed by atoms with Gasteiger partial charge in [0.15, 0.2) is 5.78 Å². The molecule has 1 saturated carbocycles. The van der Waals surface area contributed by atoms with Gasteiger partial charge in [0.25, 0.3) is 0 Å². The minimum atomic E-state index is -0.573. The van der Waals surface area contributed by atoms with Crippen LogP contribution in [0.15, 0.2) is 6.07 Å². The maximum Gasteiger partial charge on any atom is 0.158 e. The van der Waals surface area contributed by atoms with Crippen LogP contribution in [0.3, 0.4) is 0 Å². The van der Waals surface area contributed by atoms with Gasteiger partial charge >= 0.3 is 0 Å². The fraction of sp³-hybridized carbons (Fsp3) is 0.692. The van der Waals surface area contributed by atoms with Crippen LogP contribution in [-0.2, 0) is 17.8 Å². The zero-order valence-electron chi connectivity index (χ0n) is 10.7. The Balaban J connectivity index is 2.12. The Bertz CT molecular complexity index is 416. The average Bonchev–Trinajstić information content (AvgIpc) is 2.86. The van der Waals surface area contributed by atoms with Crippen molar-refractivity contribution in [1.29, 1.82) is 0 Å². The standard InChI is InChI=1S/C13H21N3O/c1-3-16-11(8-10(2)15-16)9-12(17)13(14)6-4-5-7-13/h8H,3-7,9,14H2,1-2H3. The van der Waals surface area contributed by atoms with Gasteiger partial charge in [0.1, 0.15) is 0 Å². The van der Waals surface area contributed by atoms with Crippen LogP contribution in [0.5, 0.6) is 0 Å². The first kappa shape index (κ1) is 12.3. The third-order valence-corrected chi connectivity index (χ3v) is 3.68. The van der Waals surface area contributed by atoms with Gasteiger partial charge in [-0.3, -0.25) is 9.48 Å². The van der Waals surface area contributed by atoms with Crippen LogP contribution in [0.4, 0.5) is 0 Å². The van der Waals surface area contributed by atoms with E-state index in [2.05, 4.69) is 5.10 Å². The molecule has 1 aliphatic carbocycles. The summed E-state index contributed by atoms with van der Waals surface area (Å²) in [5, 5.41) is 4.36. The minimum absolute atomic E-state index is 0.171. The monoisotopic (exact) mass is 235 g/mol. The second-order valence-corrected chi connectivity index (χ2v) is 5.06. The van der Waals surface area contributed by atoms with Gasteiger partial charge in [-0.05, 0) is 32.8 Å². The molecule has 0 aromatic carbocycles. The smallest absolute Gasteiger partial charge is 0.158 e. The summed E-state index contributed by atoms with van der Waals surface area (Å²) < 4.78 is 1.89. The van der Waals surface area contributed by atoms with Crippen LogP contribution < -0.4 is 5.73 Å². The molecule has 1 aromatic heterocycles. The topological polar surface area (TPSA) is 60.9 Å². The van der Waals surface area contributed by atoms with Gasteiger partial charge in [-0.1, -0.05) is 12.8 Å².